The maximum absolute atomic E-state index is 8.94. The van der Waals surface area contributed by atoms with Gasteiger partial charge in [-0.3, -0.25) is 0 Å². The third kappa shape index (κ3) is 1.33. The average molecular weight is 142 g/mol. The Morgan fingerprint density at radius 1 is 1.60 bits per heavy atom. The van der Waals surface area contributed by atoms with E-state index in [4.69, 9.17) is 9.52 Å². The topological polar surface area (TPSA) is 59.2 Å². The minimum atomic E-state index is -0.659. The highest BCUT2D eigenvalue weighted by atomic mass is 16.4. The zero-order valence-electron chi connectivity index (χ0n) is 6.03. The van der Waals surface area contributed by atoms with Crippen LogP contribution in [-0.4, -0.2) is 15.3 Å². The van der Waals surface area contributed by atoms with Gasteiger partial charge in [-0.2, -0.15) is 0 Å². The van der Waals surface area contributed by atoms with Gasteiger partial charge in [0.25, 0.3) is 0 Å². The highest BCUT2D eigenvalue weighted by Crippen LogP contribution is 2.09. The minimum absolute atomic E-state index is 0.289. The molecule has 0 fully saturated rings. The number of aryl methyl sites for hydroxylation is 1. The van der Waals surface area contributed by atoms with E-state index in [2.05, 4.69) is 10.2 Å². The number of aliphatic hydroxyl groups excluding tert-OH is 1. The van der Waals surface area contributed by atoms with Crippen LogP contribution in [0.2, 0.25) is 0 Å². The molecule has 0 aromatic carbocycles. The molecule has 56 valence electrons. The summed E-state index contributed by atoms with van der Waals surface area (Å²) in [6.07, 6.45) is 0.0486. The molecule has 1 aromatic heterocycles. The van der Waals surface area contributed by atoms with Gasteiger partial charge in [-0.05, 0) is 6.92 Å². The van der Waals surface area contributed by atoms with Crippen LogP contribution in [0.3, 0.4) is 0 Å². The lowest BCUT2D eigenvalue weighted by Crippen LogP contribution is -1.89. The molecule has 10 heavy (non-hydrogen) atoms. The lowest BCUT2D eigenvalue weighted by atomic mass is 10.4. The van der Waals surface area contributed by atoms with Crippen molar-refractivity contribution in [3.8, 4) is 0 Å². The van der Waals surface area contributed by atoms with E-state index in [1.54, 1.807) is 6.92 Å². The number of nitrogens with zero attached hydrogens (tertiary/aromatic N) is 2. The summed E-state index contributed by atoms with van der Waals surface area (Å²) in [5, 5.41) is 16.2. The Bertz CT molecular complexity index is 207. The number of aromatic nitrogens is 2. The molecule has 0 amide bonds. The lowest BCUT2D eigenvalue weighted by Gasteiger charge is -1.92. The van der Waals surface area contributed by atoms with Crippen molar-refractivity contribution in [3.05, 3.63) is 11.8 Å². The van der Waals surface area contributed by atoms with E-state index in [0.29, 0.717) is 12.3 Å². The largest absolute Gasteiger partial charge is 0.422 e. The van der Waals surface area contributed by atoms with Crippen molar-refractivity contribution in [2.75, 3.05) is 0 Å². The molecule has 0 unspecified atom stereocenters. The summed E-state index contributed by atoms with van der Waals surface area (Å²) in [5.41, 5.74) is 0. The summed E-state index contributed by atoms with van der Waals surface area (Å²) < 4.78 is 5.02. The van der Waals surface area contributed by atoms with E-state index in [0.717, 1.165) is 0 Å². The smallest absolute Gasteiger partial charge is 0.244 e. The standard InChI is InChI=1S/C6H10N2O2/c1-3-5-7-8-6(10-5)4(2)9/h4,9H,3H2,1-2H3/t4-/m1/s1. The Kier molecular flexibility index (Phi) is 2.01. The van der Waals surface area contributed by atoms with Gasteiger partial charge in [-0.1, -0.05) is 6.92 Å². The second-order valence-corrected chi connectivity index (χ2v) is 2.06. The van der Waals surface area contributed by atoms with Gasteiger partial charge in [-0.25, -0.2) is 0 Å². The summed E-state index contributed by atoms with van der Waals surface area (Å²) in [4.78, 5) is 0. The second-order valence-electron chi connectivity index (χ2n) is 2.06. The average Bonchev–Trinajstić information content (AvgIpc) is 2.34. The Balaban J connectivity index is 2.78. The Morgan fingerprint density at radius 3 is 2.60 bits per heavy atom. The van der Waals surface area contributed by atoms with Crippen molar-refractivity contribution >= 4 is 0 Å². The van der Waals surface area contributed by atoms with Crippen molar-refractivity contribution in [1.82, 2.24) is 10.2 Å². The molecule has 4 nitrogen and oxygen atoms in total. The first-order valence-corrected chi connectivity index (χ1v) is 3.24. The van der Waals surface area contributed by atoms with Gasteiger partial charge >= 0.3 is 0 Å². The van der Waals surface area contributed by atoms with E-state index in [1.165, 1.54) is 0 Å². The van der Waals surface area contributed by atoms with E-state index in [9.17, 15) is 0 Å². The summed E-state index contributed by atoms with van der Waals surface area (Å²) in [5.74, 6) is 0.854. The quantitative estimate of drug-likeness (QED) is 0.659. The zero-order valence-corrected chi connectivity index (χ0v) is 6.03. The highest BCUT2D eigenvalue weighted by Gasteiger charge is 2.08. The number of hydrogen-bond donors (Lipinski definition) is 1. The summed E-state index contributed by atoms with van der Waals surface area (Å²) in [7, 11) is 0. The Morgan fingerprint density at radius 2 is 2.30 bits per heavy atom. The van der Waals surface area contributed by atoms with Gasteiger partial charge in [0, 0.05) is 6.42 Å². The van der Waals surface area contributed by atoms with E-state index < -0.39 is 6.10 Å². The van der Waals surface area contributed by atoms with Crippen LogP contribution in [-0.2, 0) is 6.42 Å². The Hall–Kier alpha value is -0.900. The van der Waals surface area contributed by atoms with Crippen LogP contribution in [0, 0.1) is 0 Å². The number of hydrogen-bond acceptors (Lipinski definition) is 4. The molecule has 0 bridgehead atoms. The van der Waals surface area contributed by atoms with Crippen LogP contribution < -0.4 is 0 Å². The van der Waals surface area contributed by atoms with Gasteiger partial charge in [0.15, 0.2) is 0 Å². The third-order valence-electron chi connectivity index (χ3n) is 1.14. The molecule has 0 radical (unpaired) electrons. The fourth-order valence-electron chi connectivity index (χ4n) is 0.578. The monoisotopic (exact) mass is 142 g/mol. The fraction of sp³-hybridized carbons (Fsp3) is 0.667. The predicted octanol–water partition coefficient (Wildman–Crippen LogP) is 0.685. The number of rotatable bonds is 2. The number of aliphatic hydroxyl groups is 1. The normalized spacial score (nSPS) is 13.5. The van der Waals surface area contributed by atoms with Crippen LogP contribution in [0.25, 0.3) is 0 Å². The third-order valence-corrected chi connectivity index (χ3v) is 1.14. The summed E-state index contributed by atoms with van der Waals surface area (Å²) in [6.45, 7) is 3.51. The molecule has 1 N–H and O–H groups in total. The molecular formula is C6H10N2O2. The van der Waals surface area contributed by atoms with Crippen molar-refractivity contribution in [3.63, 3.8) is 0 Å². The molecule has 1 aromatic rings. The molecule has 0 saturated heterocycles. The fourth-order valence-corrected chi connectivity index (χ4v) is 0.578. The minimum Gasteiger partial charge on any atom is -0.422 e. The molecule has 0 aliphatic rings. The highest BCUT2D eigenvalue weighted by molar-refractivity contribution is 4.83. The van der Waals surface area contributed by atoms with Crippen LogP contribution in [0.5, 0.6) is 0 Å². The first-order chi connectivity index (χ1) is 4.74. The summed E-state index contributed by atoms with van der Waals surface area (Å²) in [6, 6.07) is 0. The molecule has 0 saturated carbocycles. The second kappa shape index (κ2) is 2.79. The molecular weight excluding hydrogens is 132 g/mol. The molecule has 0 aliphatic heterocycles. The van der Waals surface area contributed by atoms with Crippen molar-refractivity contribution in [2.45, 2.75) is 26.4 Å². The van der Waals surface area contributed by atoms with Crippen LogP contribution in [0.4, 0.5) is 0 Å². The predicted molar refractivity (Wildman–Crippen MR) is 34.3 cm³/mol. The maximum Gasteiger partial charge on any atom is 0.244 e. The van der Waals surface area contributed by atoms with Crippen LogP contribution in [0.1, 0.15) is 31.7 Å². The maximum atomic E-state index is 8.94. The van der Waals surface area contributed by atoms with Crippen LogP contribution in [0.15, 0.2) is 4.42 Å². The molecule has 4 heteroatoms. The molecule has 0 spiro atoms. The molecule has 0 aliphatic carbocycles. The molecule has 1 heterocycles. The van der Waals surface area contributed by atoms with Gasteiger partial charge in [-0.15, -0.1) is 10.2 Å². The SMILES string of the molecule is CCc1nnc([C@@H](C)O)o1. The van der Waals surface area contributed by atoms with Crippen molar-refractivity contribution < 1.29 is 9.52 Å². The van der Waals surface area contributed by atoms with Gasteiger partial charge in [0.2, 0.25) is 11.8 Å². The lowest BCUT2D eigenvalue weighted by molar-refractivity contribution is 0.161. The van der Waals surface area contributed by atoms with Gasteiger partial charge < -0.3 is 9.52 Å². The first-order valence-electron chi connectivity index (χ1n) is 3.24. The van der Waals surface area contributed by atoms with Crippen molar-refractivity contribution in [1.29, 1.82) is 0 Å². The first kappa shape index (κ1) is 7.21. The zero-order chi connectivity index (χ0) is 7.56. The van der Waals surface area contributed by atoms with Crippen LogP contribution >= 0.6 is 0 Å². The van der Waals surface area contributed by atoms with Crippen molar-refractivity contribution in [2.24, 2.45) is 0 Å². The van der Waals surface area contributed by atoms with E-state index in [1.807, 2.05) is 6.92 Å². The molecule has 1 atom stereocenters. The van der Waals surface area contributed by atoms with E-state index >= 15 is 0 Å². The Labute approximate surface area is 58.9 Å². The summed E-state index contributed by atoms with van der Waals surface area (Å²) >= 11 is 0. The van der Waals surface area contributed by atoms with Gasteiger partial charge in [0.1, 0.15) is 6.10 Å². The molecule has 1 rings (SSSR count). The van der Waals surface area contributed by atoms with E-state index in [-0.39, 0.29) is 5.89 Å². The van der Waals surface area contributed by atoms with Gasteiger partial charge in [0.05, 0.1) is 0 Å².